The molecular weight excluding hydrogens is 438 g/mol. The molecule has 0 saturated heterocycles. The number of ether oxygens (including phenoxy) is 2. The van der Waals surface area contributed by atoms with Crippen LogP contribution in [0.25, 0.3) is 22.5 Å². The van der Waals surface area contributed by atoms with Crippen molar-refractivity contribution in [2.75, 3.05) is 7.11 Å². The molecule has 0 saturated carbocycles. The summed E-state index contributed by atoms with van der Waals surface area (Å²) in [4.78, 5) is 0. The number of methoxy groups -OCH3 is 1. The largest absolute Gasteiger partial charge is 0.497 e. The minimum atomic E-state index is -4.94. The first-order valence-electron chi connectivity index (χ1n) is 9.90. The number of hydrogen-bond donors (Lipinski definition) is 0. The maximum atomic E-state index is 15.3. The summed E-state index contributed by atoms with van der Waals surface area (Å²) >= 11 is 0. The number of alkyl halides is 4. The summed E-state index contributed by atoms with van der Waals surface area (Å²) in [5, 5.41) is 7.26. The lowest BCUT2D eigenvalue weighted by Crippen LogP contribution is -2.48. The highest BCUT2D eigenvalue weighted by Crippen LogP contribution is 2.44. The van der Waals surface area contributed by atoms with Crippen molar-refractivity contribution >= 4 is 0 Å². The van der Waals surface area contributed by atoms with Gasteiger partial charge in [0.1, 0.15) is 22.9 Å². The Hall–Kier alpha value is -3.88. The van der Waals surface area contributed by atoms with Crippen LogP contribution in [-0.2, 0) is 6.05 Å². The van der Waals surface area contributed by atoms with E-state index >= 15 is 8.78 Å². The molecule has 0 bridgehead atoms. The predicted octanol–water partition coefficient (Wildman–Crippen LogP) is 6.15. The molecule has 170 valence electrons. The Balaban J connectivity index is 1.80. The fourth-order valence-corrected chi connectivity index (χ4v) is 3.22. The van der Waals surface area contributed by atoms with Gasteiger partial charge in [-0.1, -0.05) is 65.4 Å². The summed E-state index contributed by atoms with van der Waals surface area (Å²) in [6.45, 7) is 1.82. The lowest BCUT2D eigenvalue weighted by atomic mass is 10.0. The van der Waals surface area contributed by atoms with Crippen molar-refractivity contribution in [3.05, 3.63) is 84.4 Å². The smallest absolute Gasteiger partial charge is 0.488 e. The third kappa shape index (κ3) is 4.26. The van der Waals surface area contributed by atoms with Gasteiger partial charge >= 0.3 is 12.2 Å². The number of aryl methyl sites for hydroxylation is 1. The molecule has 0 aliphatic carbocycles. The Kier molecular flexibility index (Phi) is 5.80. The standard InChI is InChI=1S/C24H19F4N3O2/c1-16-8-10-18(11-9-16)22-21(17-6-4-3-5-7-17)29-30-31(22)23(25,26)24(27,28)33-20-14-12-19(32-2)13-15-20/h3-15H,1-2H3. The molecule has 0 atom stereocenters. The minimum Gasteiger partial charge on any atom is -0.497 e. The molecule has 0 aliphatic heterocycles. The first-order chi connectivity index (χ1) is 15.7. The van der Waals surface area contributed by atoms with Crippen LogP contribution < -0.4 is 9.47 Å². The van der Waals surface area contributed by atoms with Crippen LogP contribution in [-0.4, -0.2) is 28.2 Å². The van der Waals surface area contributed by atoms with E-state index < -0.39 is 17.9 Å². The van der Waals surface area contributed by atoms with Crippen molar-refractivity contribution in [3.63, 3.8) is 0 Å². The van der Waals surface area contributed by atoms with Crippen molar-refractivity contribution in [2.24, 2.45) is 0 Å². The van der Waals surface area contributed by atoms with E-state index in [0.717, 1.165) is 17.7 Å². The van der Waals surface area contributed by atoms with Crippen molar-refractivity contribution in [1.29, 1.82) is 0 Å². The zero-order valence-corrected chi connectivity index (χ0v) is 17.7. The van der Waals surface area contributed by atoms with Crippen molar-refractivity contribution in [2.45, 2.75) is 19.1 Å². The summed E-state index contributed by atoms with van der Waals surface area (Å²) in [5.74, 6) is -0.0939. The first-order valence-corrected chi connectivity index (χ1v) is 9.90. The maximum Gasteiger partial charge on any atom is 0.488 e. The number of halogens is 4. The molecule has 0 N–H and O–H groups in total. The van der Waals surface area contributed by atoms with E-state index in [0.29, 0.717) is 11.3 Å². The monoisotopic (exact) mass is 457 g/mol. The molecule has 0 spiro atoms. The fraction of sp³-hybridized carbons (Fsp3) is 0.167. The highest BCUT2D eigenvalue weighted by Gasteiger charge is 2.63. The highest BCUT2D eigenvalue weighted by molar-refractivity contribution is 5.78. The Labute approximate surface area is 187 Å². The van der Waals surface area contributed by atoms with E-state index in [-0.39, 0.29) is 21.6 Å². The second-order valence-corrected chi connectivity index (χ2v) is 7.27. The molecule has 0 radical (unpaired) electrons. The molecule has 0 amide bonds. The Morgan fingerprint density at radius 2 is 1.36 bits per heavy atom. The van der Waals surface area contributed by atoms with Gasteiger partial charge < -0.3 is 9.47 Å². The lowest BCUT2D eigenvalue weighted by Gasteiger charge is -2.27. The van der Waals surface area contributed by atoms with Gasteiger partial charge in [-0.15, -0.1) is 5.10 Å². The fourth-order valence-electron chi connectivity index (χ4n) is 3.22. The van der Waals surface area contributed by atoms with Gasteiger partial charge in [0.15, 0.2) is 0 Å². The number of nitrogens with zero attached hydrogens (tertiary/aromatic N) is 3. The Morgan fingerprint density at radius 1 is 0.758 bits per heavy atom. The second-order valence-electron chi connectivity index (χ2n) is 7.27. The summed E-state index contributed by atoms with van der Waals surface area (Å²) in [7, 11) is 1.39. The quantitative estimate of drug-likeness (QED) is 0.312. The Bertz CT molecular complexity index is 1230. The van der Waals surface area contributed by atoms with Gasteiger partial charge in [0.25, 0.3) is 0 Å². The zero-order valence-electron chi connectivity index (χ0n) is 17.7. The number of aromatic nitrogens is 3. The van der Waals surface area contributed by atoms with E-state index in [1.165, 1.54) is 19.2 Å². The summed E-state index contributed by atoms with van der Waals surface area (Å²) in [6.07, 6.45) is -4.94. The molecule has 0 unspecified atom stereocenters. The summed E-state index contributed by atoms with van der Waals surface area (Å²) < 4.78 is 69.5. The zero-order chi connectivity index (χ0) is 23.6. The topological polar surface area (TPSA) is 49.2 Å². The molecular formula is C24H19F4N3O2. The third-order valence-electron chi connectivity index (χ3n) is 4.96. The van der Waals surface area contributed by atoms with Crippen LogP contribution in [0, 0.1) is 6.92 Å². The molecule has 0 aliphatic rings. The first kappa shape index (κ1) is 22.3. The SMILES string of the molecule is COc1ccc(OC(F)(F)C(F)(F)n2nnc(-c3ccccc3)c2-c2ccc(C)cc2)cc1. The number of rotatable bonds is 7. The molecule has 1 heterocycles. The lowest BCUT2D eigenvalue weighted by molar-refractivity contribution is -0.350. The van der Waals surface area contributed by atoms with Crippen molar-refractivity contribution in [1.82, 2.24) is 15.0 Å². The Morgan fingerprint density at radius 3 is 1.97 bits per heavy atom. The van der Waals surface area contributed by atoms with Gasteiger partial charge in [0, 0.05) is 11.1 Å². The highest BCUT2D eigenvalue weighted by atomic mass is 19.3. The number of benzene rings is 3. The van der Waals surface area contributed by atoms with Crippen LogP contribution in [0.2, 0.25) is 0 Å². The predicted molar refractivity (Wildman–Crippen MR) is 114 cm³/mol. The summed E-state index contributed by atoms with van der Waals surface area (Å²) in [6, 6.07) is 14.9. The van der Waals surface area contributed by atoms with E-state index in [2.05, 4.69) is 15.0 Å². The molecule has 3 aromatic carbocycles. The van der Waals surface area contributed by atoms with Crippen LogP contribution in [0.4, 0.5) is 17.6 Å². The van der Waals surface area contributed by atoms with Gasteiger partial charge in [-0.3, -0.25) is 0 Å². The van der Waals surface area contributed by atoms with Gasteiger partial charge in [0.2, 0.25) is 0 Å². The molecule has 4 aromatic rings. The van der Waals surface area contributed by atoms with Crippen molar-refractivity contribution < 1.29 is 27.0 Å². The van der Waals surface area contributed by atoms with Gasteiger partial charge in [-0.05, 0) is 31.2 Å². The second kappa shape index (κ2) is 8.57. The van der Waals surface area contributed by atoms with Crippen LogP contribution in [0.5, 0.6) is 11.5 Å². The van der Waals surface area contributed by atoms with Crippen molar-refractivity contribution in [3.8, 4) is 34.0 Å². The molecule has 9 heteroatoms. The van der Waals surface area contributed by atoms with E-state index in [4.69, 9.17) is 4.74 Å². The molecule has 33 heavy (non-hydrogen) atoms. The van der Waals surface area contributed by atoms with E-state index in [9.17, 15) is 8.78 Å². The van der Waals surface area contributed by atoms with Crippen LogP contribution in [0.15, 0.2) is 78.9 Å². The molecule has 4 rings (SSSR count). The van der Waals surface area contributed by atoms with Gasteiger partial charge in [-0.25, -0.2) is 0 Å². The van der Waals surface area contributed by atoms with Crippen LogP contribution in [0.1, 0.15) is 5.56 Å². The van der Waals surface area contributed by atoms with Crippen LogP contribution >= 0.6 is 0 Å². The number of hydrogen-bond acceptors (Lipinski definition) is 4. The van der Waals surface area contributed by atoms with E-state index in [1.807, 2.05) is 6.92 Å². The van der Waals surface area contributed by atoms with Gasteiger partial charge in [-0.2, -0.15) is 22.2 Å². The average molecular weight is 457 g/mol. The summed E-state index contributed by atoms with van der Waals surface area (Å²) in [5.41, 5.74) is 1.36. The van der Waals surface area contributed by atoms with Gasteiger partial charge in [0.05, 0.1) is 7.11 Å². The average Bonchev–Trinajstić information content (AvgIpc) is 3.26. The third-order valence-corrected chi connectivity index (χ3v) is 4.96. The maximum absolute atomic E-state index is 15.3. The van der Waals surface area contributed by atoms with Crippen LogP contribution in [0.3, 0.4) is 0 Å². The normalized spacial score (nSPS) is 11.9. The molecule has 5 nitrogen and oxygen atoms in total. The molecule has 1 aromatic heterocycles. The van der Waals surface area contributed by atoms with E-state index in [1.54, 1.807) is 54.6 Å². The molecule has 0 fully saturated rings. The minimum absolute atomic E-state index is 0.0411.